The summed E-state index contributed by atoms with van der Waals surface area (Å²) in [4.78, 5) is 20.4. The van der Waals surface area contributed by atoms with Crippen molar-refractivity contribution in [2.75, 3.05) is 11.9 Å². The van der Waals surface area contributed by atoms with Crippen LogP contribution in [-0.2, 0) is 5.41 Å². The molecule has 0 aliphatic rings. The Labute approximate surface area is 142 Å². The summed E-state index contributed by atoms with van der Waals surface area (Å²) >= 11 is 0. The number of aromatic nitrogens is 2. The molecular weight excluding hydrogens is 304 g/mol. The van der Waals surface area contributed by atoms with Crippen molar-refractivity contribution >= 4 is 11.7 Å². The Morgan fingerprint density at radius 2 is 1.79 bits per heavy atom. The molecule has 1 unspecified atom stereocenters. The first-order chi connectivity index (χ1) is 11.4. The molecule has 1 atom stereocenters. The minimum Gasteiger partial charge on any atom is -0.388 e. The van der Waals surface area contributed by atoms with Gasteiger partial charge in [-0.25, -0.2) is 14.8 Å². The predicted octanol–water partition coefficient (Wildman–Crippen LogP) is 3.02. The van der Waals surface area contributed by atoms with Crippen molar-refractivity contribution in [3.05, 3.63) is 54.1 Å². The molecule has 2 amide bonds. The van der Waals surface area contributed by atoms with Crippen molar-refractivity contribution in [2.45, 2.75) is 38.7 Å². The highest BCUT2D eigenvalue weighted by Crippen LogP contribution is 2.18. The van der Waals surface area contributed by atoms with E-state index in [1.807, 2.05) is 51.1 Å². The van der Waals surface area contributed by atoms with Gasteiger partial charge in [0.25, 0.3) is 0 Å². The molecule has 3 N–H and O–H groups in total. The van der Waals surface area contributed by atoms with Crippen LogP contribution in [-0.4, -0.2) is 27.7 Å². The van der Waals surface area contributed by atoms with Crippen molar-refractivity contribution in [2.24, 2.45) is 0 Å². The van der Waals surface area contributed by atoms with E-state index in [2.05, 4.69) is 20.6 Å². The number of aliphatic hydroxyl groups excluding tert-OH is 1. The lowest BCUT2D eigenvalue weighted by Crippen LogP contribution is -2.30. The second kappa shape index (κ2) is 7.88. The standard InChI is InChI=1S/C18H24N4O2/c1-18(2,3)16-20-11-14(12-21-16)22-17(24)19-10-9-15(23)13-7-5-4-6-8-13/h4-8,11-12,15,23H,9-10H2,1-3H3,(H2,19,22,24). The third kappa shape index (κ3) is 5.31. The molecule has 1 heterocycles. The van der Waals surface area contributed by atoms with E-state index in [4.69, 9.17) is 0 Å². The van der Waals surface area contributed by atoms with Gasteiger partial charge in [-0.05, 0) is 12.0 Å². The summed E-state index contributed by atoms with van der Waals surface area (Å²) in [5.74, 6) is 0.722. The fourth-order valence-electron chi connectivity index (χ4n) is 2.12. The molecule has 0 aliphatic heterocycles. The number of anilines is 1. The van der Waals surface area contributed by atoms with E-state index in [0.717, 1.165) is 11.4 Å². The number of amides is 2. The van der Waals surface area contributed by atoms with Crippen LogP contribution in [0.1, 0.15) is 44.7 Å². The molecule has 0 bridgehead atoms. The van der Waals surface area contributed by atoms with E-state index in [0.29, 0.717) is 18.7 Å². The summed E-state index contributed by atoms with van der Waals surface area (Å²) in [6, 6.07) is 9.02. The van der Waals surface area contributed by atoms with Crippen LogP contribution in [0.5, 0.6) is 0 Å². The Kier molecular flexibility index (Phi) is 5.87. The van der Waals surface area contributed by atoms with Gasteiger partial charge in [0.15, 0.2) is 0 Å². The molecule has 0 saturated heterocycles. The normalized spacial score (nSPS) is 12.5. The van der Waals surface area contributed by atoms with Gasteiger partial charge < -0.3 is 15.7 Å². The van der Waals surface area contributed by atoms with Crippen LogP contribution in [0.4, 0.5) is 10.5 Å². The van der Waals surface area contributed by atoms with E-state index in [1.54, 1.807) is 12.4 Å². The number of nitrogens with one attached hydrogen (secondary N) is 2. The van der Waals surface area contributed by atoms with Gasteiger partial charge in [0.1, 0.15) is 5.82 Å². The van der Waals surface area contributed by atoms with Gasteiger partial charge in [0.05, 0.1) is 24.2 Å². The Bertz CT molecular complexity index is 651. The number of aliphatic hydroxyl groups is 1. The van der Waals surface area contributed by atoms with Gasteiger partial charge >= 0.3 is 6.03 Å². The topological polar surface area (TPSA) is 87.1 Å². The number of hydrogen-bond acceptors (Lipinski definition) is 4. The third-order valence-corrected chi connectivity index (χ3v) is 3.47. The van der Waals surface area contributed by atoms with Gasteiger partial charge in [0.2, 0.25) is 0 Å². The molecule has 6 nitrogen and oxygen atoms in total. The monoisotopic (exact) mass is 328 g/mol. The number of carbonyl (C=O) groups is 1. The third-order valence-electron chi connectivity index (χ3n) is 3.47. The number of benzene rings is 1. The summed E-state index contributed by atoms with van der Waals surface area (Å²) < 4.78 is 0. The van der Waals surface area contributed by atoms with Crippen molar-refractivity contribution in [1.82, 2.24) is 15.3 Å². The second-order valence-electron chi connectivity index (χ2n) is 6.64. The zero-order valence-electron chi connectivity index (χ0n) is 14.3. The minimum atomic E-state index is -0.596. The molecule has 0 aliphatic carbocycles. The SMILES string of the molecule is CC(C)(C)c1ncc(NC(=O)NCCC(O)c2ccccc2)cn1. The van der Waals surface area contributed by atoms with Crippen LogP contribution in [0.3, 0.4) is 0 Å². The highest BCUT2D eigenvalue weighted by Gasteiger charge is 2.16. The van der Waals surface area contributed by atoms with Crippen molar-refractivity contribution < 1.29 is 9.90 Å². The zero-order valence-corrected chi connectivity index (χ0v) is 14.3. The molecule has 2 rings (SSSR count). The van der Waals surface area contributed by atoms with Gasteiger partial charge in [-0.3, -0.25) is 0 Å². The van der Waals surface area contributed by atoms with E-state index < -0.39 is 6.10 Å². The summed E-state index contributed by atoms with van der Waals surface area (Å²) in [5, 5.41) is 15.4. The largest absolute Gasteiger partial charge is 0.388 e. The highest BCUT2D eigenvalue weighted by molar-refractivity contribution is 5.88. The summed E-state index contributed by atoms with van der Waals surface area (Å²) in [5.41, 5.74) is 1.24. The van der Waals surface area contributed by atoms with Crippen LogP contribution < -0.4 is 10.6 Å². The van der Waals surface area contributed by atoms with Crippen molar-refractivity contribution in [1.29, 1.82) is 0 Å². The molecule has 0 fully saturated rings. The van der Waals surface area contributed by atoms with Crippen molar-refractivity contribution in [3.8, 4) is 0 Å². The number of urea groups is 1. The first-order valence-corrected chi connectivity index (χ1v) is 7.96. The maximum absolute atomic E-state index is 11.9. The van der Waals surface area contributed by atoms with Crippen LogP contribution in [0.15, 0.2) is 42.7 Å². The average molecular weight is 328 g/mol. The maximum Gasteiger partial charge on any atom is 0.319 e. The zero-order chi connectivity index (χ0) is 17.6. The maximum atomic E-state index is 11.9. The molecule has 1 aromatic carbocycles. The highest BCUT2D eigenvalue weighted by atomic mass is 16.3. The predicted molar refractivity (Wildman–Crippen MR) is 93.8 cm³/mol. The van der Waals surface area contributed by atoms with Crippen molar-refractivity contribution in [3.63, 3.8) is 0 Å². The summed E-state index contributed by atoms with van der Waals surface area (Å²) in [6.07, 6.45) is 3.02. The lowest BCUT2D eigenvalue weighted by molar-refractivity contribution is 0.167. The van der Waals surface area contributed by atoms with Crippen LogP contribution in [0, 0.1) is 0 Å². The van der Waals surface area contributed by atoms with Crippen LogP contribution in [0.25, 0.3) is 0 Å². The first-order valence-electron chi connectivity index (χ1n) is 7.96. The van der Waals surface area contributed by atoms with Gasteiger partial charge in [0, 0.05) is 12.0 Å². The fraction of sp³-hybridized carbons (Fsp3) is 0.389. The lowest BCUT2D eigenvalue weighted by Gasteiger charge is -2.16. The molecule has 0 saturated carbocycles. The Hall–Kier alpha value is -2.47. The minimum absolute atomic E-state index is 0.131. The molecule has 6 heteroatoms. The number of nitrogens with zero attached hydrogens (tertiary/aromatic N) is 2. The van der Waals surface area contributed by atoms with Gasteiger partial charge in [-0.2, -0.15) is 0 Å². The molecule has 0 radical (unpaired) electrons. The Morgan fingerprint density at radius 3 is 2.38 bits per heavy atom. The van der Waals surface area contributed by atoms with Gasteiger partial charge in [-0.1, -0.05) is 51.1 Å². The number of hydrogen-bond donors (Lipinski definition) is 3. The van der Waals surface area contributed by atoms with E-state index in [1.165, 1.54) is 0 Å². The molecule has 2 aromatic rings. The Balaban J connectivity index is 1.77. The molecule has 1 aromatic heterocycles. The molecule has 128 valence electrons. The quantitative estimate of drug-likeness (QED) is 0.787. The van der Waals surface area contributed by atoms with E-state index in [9.17, 15) is 9.90 Å². The second-order valence-corrected chi connectivity index (χ2v) is 6.64. The van der Waals surface area contributed by atoms with Crippen LogP contribution in [0.2, 0.25) is 0 Å². The van der Waals surface area contributed by atoms with E-state index in [-0.39, 0.29) is 11.4 Å². The number of rotatable bonds is 5. The molecule has 24 heavy (non-hydrogen) atoms. The average Bonchev–Trinajstić information content (AvgIpc) is 2.55. The fourth-order valence-corrected chi connectivity index (χ4v) is 2.12. The van der Waals surface area contributed by atoms with E-state index >= 15 is 0 Å². The summed E-state index contributed by atoms with van der Waals surface area (Å²) in [6.45, 7) is 6.45. The first kappa shape index (κ1) is 17.9. The Morgan fingerprint density at radius 1 is 1.17 bits per heavy atom. The molecule has 0 spiro atoms. The van der Waals surface area contributed by atoms with Gasteiger partial charge in [-0.15, -0.1) is 0 Å². The summed E-state index contributed by atoms with van der Waals surface area (Å²) in [7, 11) is 0. The molecular formula is C18H24N4O2. The lowest BCUT2D eigenvalue weighted by atomic mass is 9.96. The number of carbonyl (C=O) groups excluding carboxylic acids is 1. The smallest absolute Gasteiger partial charge is 0.319 e. The van der Waals surface area contributed by atoms with Crippen LogP contribution >= 0.6 is 0 Å².